The molecule has 6 aromatic carbocycles. The van der Waals surface area contributed by atoms with Gasteiger partial charge in [0, 0.05) is 62.4 Å². The fourth-order valence-corrected chi connectivity index (χ4v) is 9.61. The van der Waals surface area contributed by atoms with E-state index >= 15 is 0 Å². The molecule has 2 spiro atoms. The van der Waals surface area contributed by atoms with Crippen LogP contribution in [0.15, 0.2) is 160 Å². The summed E-state index contributed by atoms with van der Waals surface area (Å²) in [7, 11) is 1.85. The number of carbonyl (C=O) groups excluding carboxylic acids is 4. The minimum Gasteiger partial charge on any atom is -0.485 e. The Kier molecular flexibility index (Phi) is 15.1. The summed E-state index contributed by atoms with van der Waals surface area (Å²) in [5.41, 5.74) is 17.7. The number of nitrogens with zero attached hydrogens (tertiary/aromatic N) is 4. The third-order valence-corrected chi connectivity index (χ3v) is 13.6. The van der Waals surface area contributed by atoms with Crippen molar-refractivity contribution in [2.24, 2.45) is 21.5 Å². The molecule has 4 unspecified atom stereocenters. The predicted octanol–water partition coefficient (Wildman–Crippen LogP) is 6.34. The van der Waals surface area contributed by atoms with Crippen molar-refractivity contribution in [3.63, 3.8) is 0 Å². The van der Waals surface area contributed by atoms with E-state index in [0.29, 0.717) is 49.2 Å². The van der Waals surface area contributed by atoms with Crippen molar-refractivity contribution in [1.29, 1.82) is 0 Å². The monoisotopic (exact) mass is 1030 g/mol. The number of hydrogen-bond acceptors (Lipinski definition) is 12. The lowest BCUT2D eigenvalue weighted by atomic mass is 9.79. The van der Waals surface area contributed by atoms with Crippen LogP contribution < -0.4 is 31.7 Å². The van der Waals surface area contributed by atoms with Gasteiger partial charge in [0.25, 0.3) is 11.8 Å². The van der Waals surface area contributed by atoms with Gasteiger partial charge in [-0.2, -0.15) is 0 Å². The number of carbonyl (C=O) groups is 4. The maximum Gasteiger partial charge on any atom is 0.488 e. The summed E-state index contributed by atoms with van der Waals surface area (Å²) in [6, 6.07) is 46.2. The number of halogens is 1. The molecule has 0 saturated carbocycles. The van der Waals surface area contributed by atoms with Gasteiger partial charge in [-0.3, -0.25) is 24.2 Å². The average molecular weight is 1030 g/mol. The summed E-state index contributed by atoms with van der Waals surface area (Å²) in [6.07, 6.45) is 1.43. The first-order valence-electron chi connectivity index (χ1n) is 23.4. The molecule has 4 aliphatic heterocycles. The molecular weight excluding hydrogens is 977 g/mol. The lowest BCUT2D eigenvalue weighted by Crippen LogP contribution is -2.43. The lowest BCUT2D eigenvalue weighted by molar-refractivity contribution is -0.133. The molecule has 4 atom stereocenters. The second kappa shape index (κ2) is 21.4. The minimum atomic E-state index is -1.47. The van der Waals surface area contributed by atoms with Gasteiger partial charge in [0.05, 0.1) is 0 Å². The molecule has 10 rings (SSSR count). The highest BCUT2D eigenvalue weighted by Gasteiger charge is 2.55. The maximum atomic E-state index is 13.5. The molecule has 0 aromatic heterocycles. The van der Waals surface area contributed by atoms with Crippen molar-refractivity contribution in [1.82, 2.24) is 15.1 Å². The molecule has 4 aliphatic rings. The van der Waals surface area contributed by atoms with E-state index in [4.69, 9.17) is 36.0 Å². The number of likely N-dealkylation sites (N-methyl/N-ethyl adjacent to an activating group) is 2. The Labute approximate surface area is 426 Å². The van der Waals surface area contributed by atoms with Gasteiger partial charge in [0.2, 0.25) is 5.91 Å². The van der Waals surface area contributed by atoms with Crippen LogP contribution in [0.25, 0.3) is 11.1 Å². The first-order valence-corrected chi connectivity index (χ1v) is 24.2. The molecule has 7 N–H and O–H groups in total. The van der Waals surface area contributed by atoms with Crippen molar-refractivity contribution >= 4 is 63.9 Å². The molecule has 368 valence electrons. The zero-order valence-corrected chi connectivity index (χ0v) is 41.9. The van der Waals surface area contributed by atoms with E-state index in [2.05, 4.69) is 32.3 Å². The van der Waals surface area contributed by atoms with Crippen LogP contribution in [0.4, 0.5) is 0 Å². The first kappa shape index (κ1) is 50.8. The fourth-order valence-electron chi connectivity index (χ4n) is 9.25. The number of hydrogen-bond donors (Lipinski definition) is 5. The minimum absolute atomic E-state index is 0.111. The quantitative estimate of drug-likeness (QED) is 0.101. The summed E-state index contributed by atoms with van der Waals surface area (Å²) in [6.45, 7) is 3.44. The zero-order chi connectivity index (χ0) is 51.3. The number of ether oxygens (including phenoxy) is 2. The van der Waals surface area contributed by atoms with E-state index in [9.17, 15) is 19.2 Å². The average Bonchev–Trinajstić information content (AvgIpc) is 3.73. The van der Waals surface area contributed by atoms with E-state index in [1.54, 1.807) is 39.2 Å². The maximum absolute atomic E-state index is 13.5. The number of rotatable bonds is 9. The van der Waals surface area contributed by atoms with Crippen molar-refractivity contribution in [2.45, 2.75) is 69.4 Å². The number of aryl methyl sites for hydroxylation is 1. The lowest BCUT2D eigenvalue weighted by Gasteiger charge is -2.37. The highest BCUT2D eigenvalue weighted by atomic mass is 79.9. The topological polar surface area (TPSA) is 222 Å². The second-order valence-electron chi connectivity index (χ2n) is 18.1. The van der Waals surface area contributed by atoms with Crippen molar-refractivity contribution in [3.05, 3.63) is 183 Å². The van der Waals surface area contributed by atoms with Crippen LogP contribution in [0.5, 0.6) is 11.5 Å². The Morgan fingerprint density at radius 3 is 1.71 bits per heavy atom. The highest BCUT2D eigenvalue weighted by Crippen LogP contribution is 2.52. The third-order valence-electron chi connectivity index (χ3n) is 13.1. The van der Waals surface area contributed by atoms with Gasteiger partial charge >= 0.3 is 7.12 Å². The molecular formula is C55H55BBrN7O8. The normalized spacial score (nSPS) is 20.4. The van der Waals surface area contributed by atoms with E-state index in [1.807, 2.05) is 121 Å². The number of nitrogens with two attached hydrogens (primary N) is 2. The number of aliphatic imine (C=N–C) groups is 2. The number of ketones is 1. The van der Waals surface area contributed by atoms with Crippen LogP contribution in [-0.4, -0.2) is 76.5 Å². The van der Waals surface area contributed by atoms with Crippen LogP contribution >= 0.6 is 15.9 Å². The smallest absolute Gasteiger partial charge is 0.485 e. The van der Waals surface area contributed by atoms with Crippen LogP contribution in [0.2, 0.25) is 0 Å². The summed E-state index contributed by atoms with van der Waals surface area (Å²) in [4.78, 5) is 60.7. The van der Waals surface area contributed by atoms with Gasteiger partial charge < -0.3 is 41.1 Å². The number of amides is 3. The van der Waals surface area contributed by atoms with Gasteiger partial charge in [-0.1, -0.05) is 131 Å². The van der Waals surface area contributed by atoms with E-state index < -0.39 is 18.2 Å². The van der Waals surface area contributed by atoms with Crippen molar-refractivity contribution in [3.8, 4) is 22.6 Å². The van der Waals surface area contributed by atoms with Crippen molar-refractivity contribution in [2.75, 3.05) is 14.1 Å². The molecule has 0 aliphatic carbocycles. The molecule has 0 bridgehead atoms. The SMILES string of the molecule is CC(=O)CCc1cccc(-c2ccc3c(c2)C2(CC(c4ccccc4)O3)N=C(N)N(C)C2=O)c1.CC(=O)NCc1cccc(B(O)O)c1.CN1C(=O)C2(CC(c3ccccc3)Oc3ccc(Br)cc32)N=C1N. The molecule has 0 fully saturated rings. The van der Waals surface area contributed by atoms with Gasteiger partial charge in [-0.05, 0) is 82.5 Å². The molecule has 72 heavy (non-hydrogen) atoms. The van der Waals surface area contributed by atoms with E-state index in [0.717, 1.165) is 49.0 Å². The Bertz CT molecular complexity index is 3090. The molecule has 6 aromatic rings. The number of Topliss-reactive ketones (excluding diaryl/α,β-unsaturated/α-hetero) is 1. The molecule has 0 saturated heterocycles. The fraction of sp³-hybridized carbons (Fsp3) is 0.236. The predicted molar refractivity (Wildman–Crippen MR) is 280 cm³/mol. The Balaban J connectivity index is 0.000000158. The second-order valence-corrected chi connectivity index (χ2v) is 19.0. The third kappa shape index (κ3) is 10.7. The Hall–Kier alpha value is -7.60. The molecule has 3 amide bonds. The van der Waals surface area contributed by atoms with Crippen LogP contribution in [0, 0.1) is 0 Å². The van der Waals surface area contributed by atoms with Crippen molar-refractivity contribution < 1.29 is 38.7 Å². The first-order chi connectivity index (χ1) is 34.5. The standard InChI is InChI=1S/C28H27N3O3.C18H16BrN3O2.C9H12BNO3/c1-18(32)11-12-19-7-6-10-21(15-19)22-13-14-24-23(16-22)28(26(33)31(2)27(29)30-28)17-25(34-24)20-8-4-3-5-9-20;1-22-16(23)18(21-17(22)20)10-15(11-5-3-2-4-6-11)24-14-8-7-12(19)9-13(14)18;1-7(12)11-6-8-3-2-4-9(5-8)10(13)14/h3-10,13-16,25H,11-12,17H2,1-2H3,(H2,29,30);2-9,15H,10H2,1H3,(H2,20,21);2-5,13-14H,6H2,1H3,(H,11,12). The summed E-state index contributed by atoms with van der Waals surface area (Å²) < 4.78 is 13.4. The van der Waals surface area contributed by atoms with Crippen LogP contribution in [0.3, 0.4) is 0 Å². The van der Waals surface area contributed by atoms with Gasteiger partial charge in [-0.25, -0.2) is 9.98 Å². The molecule has 4 heterocycles. The summed E-state index contributed by atoms with van der Waals surface area (Å²) in [5.74, 6) is 1.54. The summed E-state index contributed by atoms with van der Waals surface area (Å²) >= 11 is 3.47. The van der Waals surface area contributed by atoms with E-state index in [1.165, 1.54) is 16.7 Å². The van der Waals surface area contributed by atoms with Gasteiger partial charge in [0.15, 0.2) is 23.0 Å². The molecule has 17 heteroatoms. The Morgan fingerprint density at radius 2 is 1.19 bits per heavy atom. The number of fused-ring (bicyclic) bond motifs is 4. The number of benzene rings is 6. The largest absolute Gasteiger partial charge is 0.488 e. The van der Waals surface area contributed by atoms with Crippen LogP contribution in [0.1, 0.15) is 78.7 Å². The van der Waals surface area contributed by atoms with Gasteiger partial charge in [-0.15, -0.1) is 0 Å². The number of nitrogens with one attached hydrogen (secondary N) is 1. The molecule has 0 radical (unpaired) electrons. The number of guanidine groups is 2. The summed E-state index contributed by atoms with van der Waals surface area (Å²) in [5, 5.41) is 20.4. The zero-order valence-electron chi connectivity index (χ0n) is 40.3. The highest BCUT2D eigenvalue weighted by molar-refractivity contribution is 9.10. The Morgan fingerprint density at radius 1 is 0.681 bits per heavy atom. The van der Waals surface area contributed by atoms with Gasteiger partial charge in [0.1, 0.15) is 29.5 Å². The molecule has 15 nitrogen and oxygen atoms in total. The van der Waals surface area contributed by atoms with E-state index in [-0.39, 0.29) is 47.6 Å². The van der Waals surface area contributed by atoms with Crippen LogP contribution in [-0.2, 0) is 43.2 Å².